The number of rotatable bonds is 3. The molecule has 2 aliphatic rings. The van der Waals surface area contributed by atoms with E-state index in [4.69, 9.17) is 0 Å². The molecule has 0 radical (unpaired) electrons. The van der Waals surface area contributed by atoms with Crippen LogP contribution in [0.25, 0.3) is 5.76 Å². The van der Waals surface area contributed by atoms with Crippen LogP contribution in [0.2, 0.25) is 0 Å². The van der Waals surface area contributed by atoms with Crippen molar-refractivity contribution in [2.24, 2.45) is 0 Å². The van der Waals surface area contributed by atoms with E-state index in [1.54, 1.807) is 48.7 Å². The molecular weight excluding hydrogens is 380 g/mol. The first-order chi connectivity index (χ1) is 13.4. The monoisotopic (exact) mass is 398 g/mol. The summed E-state index contributed by atoms with van der Waals surface area (Å²) in [6.45, 7) is 0. The molecule has 2 aromatic rings. The molecule has 7 nitrogen and oxygen atoms in total. The van der Waals surface area contributed by atoms with E-state index in [0.717, 1.165) is 0 Å². The Morgan fingerprint density at radius 3 is 2.46 bits per heavy atom. The van der Waals surface area contributed by atoms with Gasteiger partial charge in [0.2, 0.25) is 0 Å². The minimum absolute atomic E-state index is 0.0287. The summed E-state index contributed by atoms with van der Waals surface area (Å²) in [6, 6.07) is 10.4. The van der Waals surface area contributed by atoms with Crippen LogP contribution in [0, 0.1) is 0 Å². The molecule has 1 aromatic heterocycles. The molecular formula is C20H18N2O5S. The molecule has 2 atom stereocenters. The minimum Gasteiger partial charge on any atom is -0.507 e. The third-order valence-electron chi connectivity index (χ3n) is 5.13. The first-order valence-electron chi connectivity index (χ1n) is 8.85. The summed E-state index contributed by atoms with van der Waals surface area (Å²) >= 11 is 0. The molecule has 0 aliphatic carbocycles. The van der Waals surface area contributed by atoms with Gasteiger partial charge in [0.05, 0.1) is 23.1 Å². The van der Waals surface area contributed by atoms with Gasteiger partial charge in [-0.05, 0) is 18.1 Å². The summed E-state index contributed by atoms with van der Waals surface area (Å²) in [6.07, 6.45) is 3.34. The van der Waals surface area contributed by atoms with E-state index < -0.39 is 33.6 Å². The number of carbonyl (C=O) groups excluding carboxylic acids is 2. The Bertz CT molecular complexity index is 1060. The minimum atomic E-state index is -3.27. The Kier molecular flexibility index (Phi) is 4.50. The van der Waals surface area contributed by atoms with Crippen LogP contribution in [0.5, 0.6) is 0 Å². The van der Waals surface area contributed by atoms with E-state index in [-0.39, 0.29) is 29.3 Å². The highest BCUT2D eigenvalue weighted by Crippen LogP contribution is 2.41. The predicted molar refractivity (Wildman–Crippen MR) is 102 cm³/mol. The number of aliphatic hydroxyl groups is 1. The van der Waals surface area contributed by atoms with Gasteiger partial charge in [-0.25, -0.2) is 8.42 Å². The second-order valence-corrected chi connectivity index (χ2v) is 9.14. The average molecular weight is 398 g/mol. The van der Waals surface area contributed by atoms with Crippen LogP contribution in [0.3, 0.4) is 0 Å². The van der Waals surface area contributed by atoms with Gasteiger partial charge in [-0.2, -0.15) is 0 Å². The summed E-state index contributed by atoms with van der Waals surface area (Å²) < 4.78 is 23.9. The topological polar surface area (TPSA) is 105 Å². The number of aliphatic hydroxyl groups excluding tert-OH is 1. The molecule has 1 aromatic carbocycles. The van der Waals surface area contributed by atoms with Crippen LogP contribution in [-0.2, 0) is 19.4 Å². The number of amides is 1. The zero-order valence-corrected chi connectivity index (χ0v) is 15.7. The zero-order chi connectivity index (χ0) is 19.9. The fourth-order valence-electron chi connectivity index (χ4n) is 3.84. The smallest absolute Gasteiger partial charge is 0.295 e. The number of aromatic nitrogens is 1. The Balaban J connectivity index is 1.88. The van der Waals surface area contributed by atoms with Crippen LogP contribution in [0.15, 0.2) is 60.4 Å². The number of carbonyl (C=O) groups is 2. The number of benzene rings is 1. The number of hydrogen-bond acceptors (Lipinski definition) is 6. The largest absolute Gasteiger partial charge is 0.507 e. The highest BCUT2D eigenvalue weighted by atomic mass is 32.2. The molecule has 28 heavy (non-hydrogen) atoms. The van der Waals surface area contributed by atoms with Gasteiger partial charge in [0.25, 0.3) is 11.7 Å². The lowest BCUT2D eigenvalue weighted by molar-refractivity contribution is -0.141. The maximum Gasteiger partial charge on any atom is 0.295 e. The quantitative estimate of drug-likeness (QED) is 0.479. The molecule has 2 aliphatic heterocycles. The van der Waals surface area contributed by atoms with Crippen molar-refractivity contribution >= 4 is 27.3 Å². The van der Waals surface area contributed by atoms with Crippen molar-refractivity contribution in [1.82, 2.24) is 9.88 Å². The average Bonchev–Trinajstić information content (AvgIpc) is 3.19. The van der Waals surface area contributed by atoms with Crippen LogP contribution >= 0.6 is 0 Å². The van der Waals surface area contributed by atoms with Crippen molar-refractivity contribution in [2.75, 3.05) is 11.5 Å². The number of hydrogen-bond donors (Lipinski definition) is 1. The SMILES string of the molecule is O=C1C(=O)N(C2CCS(=O)(=O)C2)C(c2cccnc2)/C1=C(/O)c1ccccc1. The molecule has 2 saturated heterocycles. The number of nitrogens with zero attached hydrogens (tertiary/aromatic N) is 2. The molecule has 1 N–H and O–H groups in total. The van der Waals surface area contributed by atoms with Crippen molar-refractivity contribution in [1.29, 1.82) is 0 Å². The molecule has 2 fully saturated rings. The molecule has 0 spiro atoms. The first kappa shape index (κ1) is 18.4. The van der Waals surface area contributed by atoms with E-state index in [0.29, 0.717) is 11.1 Å². The lowest BCUT2D eigenvalue weighted by atomic mass is 9.96. The van der Waals surface area contributed by atoms with Gasteiger partial charge in [0.1, 0.15) is 5.76 Å². The fourth-order valence-corrected chi connectivity index (χ4v) is 5.55. The Morgan fingerprint density at radius 2 is 1.86 bits per heavy atom. The van der Waals surface area contributed by atoms with Crippen molar-refractivity contribution in [3.05, 3.63) is 71.6 Å². The molecule has 8 heteroatoms. The van der Waals surface area contributed by atoms with E-state index in [9.17, 15) is 23.1 Å². The van der Waals surface area contributed by atoms with E-state index in [1.165, 1.54) is 11.1 Å². The summed E-state index contributed by atoms with van der Waals surface area (Å²) in [5.41, 5.74) is 0.908. The lowest BCUT2D eigenvalue weighted by Crippen LogP contribution is -2.40. The summed E-state index contributed by atoms with van der Waals surface area (Å²) in [5, 5.41) is 10.8. The van der Waals surface area contributed by atoms with Crippen molar-refractivity contribution in [3.8, 4) is 0 Å². The number of likely N-dealkylation sites (tertiary alicyclic amines) is 1. The number of ketones is 1. The third kappa shape index (κ3) is 3.09. The van der Waals surface area contributed by atoms with Crippen molar-refractivity contribution in [3.63, 3.8) is 0 Å². The highest BCUT2D eigenvalue weighted by Gasteiger charge is 2.50. The maximum absolute atomic E-state index is 12.9. The fraction of sp³-hybridized carbons (Fsp3) is 0.250. The van der Waals surface area contributed by atoms with Crippen LogP contribution in [0.1, 0.15) is 23.6 Å². The van der Waals surface area contributed by atoms with Crippen molar-refractivity contribution < 1.29 is 23.1 Å². The second-order valence-electron chi connectivity index (χ2n) is 6.92. The van der Waals surface area contributed by atoms with Gasteiger partial charge in [-0.3, -0.25) is 14.6 Å². The molecule has 3 heterocycles. The highest BCUT2D eigenvalue weighted by molar-refractivity contribution is 7.91. The first-order valence-corrected chi connectivity index (χ1v) is 10.7. The van der Waals surface area contributed by atoms with Crippen molar-refractivity contribution in [2.45, 2.75) is 18.5 Å². The van der Waals surface area contributed by atoms with Gasteiger partial charge in [0, 0.05) is 24.0 Å². The summed E-state index contributed by atoms with van der Waals surface area (Å²) in [7, 11) is -3.27. The second kappa shape index (κ2) is 6.87. The van der Waals surface area contributed by atoms with Gasteiger partial charge in [-0.1, -0.05) is 36.4 Å². The Morgan fingerprint density at radius 1 is 1.11 bits per heavy atom. The van der Waals surface area contributed by atoms with E-state index >= 15 is 0 Å². The molecule has 1 amide bonds. The Hall–Kier alpha value is -3.00. The van der Waals surface area contributed by atoms with E-state index in [2.05, 4.69) is 4.98 Å². The van der Waals surface area contributed by atoms with Gasteiger partial charge >= 0.3 is 0 Å². The standard InChI is InChI=1S/C20H18N2O5S/c23-18(13-5-2-1-3-6-13)16-17(14-7-4-9-21-11-14)22(20(25)19(16)24)15-8-10-28(26,27)12-15/h1-7,9,11,15,17,23H,8,10,12H2/b18-16-. The third-order valence-corrected chi connectivity index (χ3v) is 6.88. The number of sulfone groups is 1. The number of pyridine rings is 1. The van der Waals surface area contributed by atoms with Gasteiger partial charge in [-0.15, -0.1) is 0 Å². The zero-order valence-electron chi connectivity index (χ0n) is 14.9. The van der Waals surface area contributed by atoms with Gasteiger partial charge < -0.3 is 10.0 Å². The summed E-state index contributed by atoms with van der Waals surface area (Å²) in [4.78, 5) is 31.1. The van der Waals surface area contributed by atoms with Crippen LogP contribution < -0.4 is 0 Å². The molecule has 144 valence electrons. The lowest BCUT2D eigenvalue weighted by Gasteiger charge is -2.29. The molecule has 4 rings (SSSR count). The van der Waals surface area contributed by atoms with Crippen LogP contribution in [0.4, 0.5) is 0 Å². The Labute approximate surface area is 162 Å². The maximum atomic E-state index is 12.9. The normalized spacial score (nSPS) is 25.9. The molecule has 0 saturated carbocycles. The van der Waals surface area contributed by atoms with Crippen LogP contribution in [-0.4, -0.2) is 52.6 Å². The number of Topliss-reactive ketones (excluding diaryl/α,β-unsaturated/α-hetero) is 1. The van der Waals surface area contributed by atoms with Gasteiger partial charge in [0.15, 0.2) is 9.84 Å². The molecule has 2 unspecified atom stereocenters. The predicted octanol–water partition coefficient (Wildman–Crippen LogP) is 1.69. The van der Waals surface area contributed by atoms with E-state index in [1.807, 2.05) is 0 Å². The summed E-state index contributed by atoms with van der Waals surface area (Å²) in [5.74, 6) is -2.12. The molecule has 0 bridgehead atoms.